The molecule has 0 aliphatic rings. The van der Waals surface area contributed by atoms with Crippen LogP contribution in [0.5, 0.6) is 0 Å². The molecule has 0 rings (SSSR count). The summed E-state index contributed by atoms with van der Waals surface area (Å²) in [7, 11) is -1.97. The van der Waals surface area contributed by atoms with E-state index in [1.165, 1.54) is 6.92 Å². The molecule has 3 N–H and O–H groups in total. The van der Waals surface area contributed by atoms with Gasteiger partial charge in [0, 0.05) is 0 Å². The largest absolute Gasteiger partial charge is 0.480 e. The molecule has 3 atom stereocenters. The van der Waals surface area contributed by atoms with Crippen molar-refractivity contribution in [3.8, 4) is 0 Å². The maximum absolute atomic E-state index is 12.2. The zero-order chi connectivity index (χ0) is 20.9. The highest BCUT2D eigenvalue weighted by Crippen LogP contribution is 2.37. The quantitative estimate of drug-likeness (QED) is 0.526. The minimum atomic E-state index is -1.97. The molecule has 0 spiro atoms. The van der Waals surface area contributed by atoms with Crippen LogP contribution in [0.4, 0.5) is 0 Å². The number of carboxylic acid groups (broad SMARTS) is 1. The van der Waals surface area contributed by atoms with E-state index in [9.17, 15) is 14.4 Å². The summed E-state index contributed by atoms with van der Waals surface area (Å²) in [4.78, 5) is 35.5. The fraction of sp³-hybridized carbons (Fsp3) is 0.833. The van der Waals surface area contributed by atoms with Crippen molar-refractivity contribution in [3.05, 3.63) is 0 Å². The van der Waals surface area contributed by atoms with Gasteiger partial charge in [-0.3, -0.25) is 9.59 Å². The van der Waals surface area contributed by atoms with Crippen LogP contribution in [0, 0.1) is 5.92 Å². The summed E-state index contributed by atoms with van der Waals surface area (Å²) < 4.78 is 6.14. The summed E-state index contributed by atoms with van der Waals surface area (Å²) in [5.41, 5.74) is 0. The topological polar surface area (TPSA) is 105 Å². The highest BCUT2D eigenvalue weighted by Gasteiger charge is 2.38. The summed E-state index contributed by atoms with van der Waals surface area (Å²) in [6, 6.07) is -1.80. The molecule has 26 heavy (non-hydrogen) atoms. The third-order valence-corrected chi connectivity index (χ3v) is 9.38. The van der Waals surface area contributed by atoms with Crippen molar-refractivity contribution in [3.63, 3.8) is 0 Å². The van der Waals surface area contributed by atoms with Crippen LogP contribution >= 0.6 is 0 Å². The Balaban J connectivity index is 4.63. The van der Waals surface area contributed by atoms with Crippen LogP contribution in [0.25, 0.3) is 0 Å². The Morgan fingerprint density at radius 1 is 1.04 bits per heavy atom. The van der Waals surface area contributed by atoms with Crippen LogP contribution in [-0.4, -0.2) is 49.4 Å². The number of carboxylic acids is 1. The molecule has 0 saturated carbocycles. The fourth-order valence-electron chi connectivity index (χ4n) is 2.14. The smallest absolute Gasteiger partial charge is 0.326 e. The van der Waals surface area contributed by atoms with E-state index in [2.05, 4.69) is 44.5 Å². The van der Waals surface area contributed by atoms with Crippen LogP contribution in [0.3, 0.4) is 0 Å². The minimum Gasteiger partial charge on any atom is -0.480 e. The van der Waals surface area contributed by atoms with Crippen LogP contribution in [0.2, 0.25) is 18.1 Å². The van der Waals surface area contributed by atoms with Gasteiger partial charge in [0.1, 0.15) is 12.1 Å². The molecule has 0 aromatic rings. The summed E-state index contributed by atoms with van der Waals surface area (Å²) in [5, 5.41) is 14.2. The minimum absolute atomic E-state index is 0.0492. The lowest BCUT2D eigenvalue weighted by Gasteiger charge is -2.38. The number of aliphatic carboxylic acids is 1. The van der Waals surface area contributed by atoms with E-state index in [1.807, 2.05) is 6.92 Å². The summed E-state index contributed by atoms with van der Waals surface area (Å²) in [5.74, 6) is -2.16. The normalized spacial score (nSPS) is 15.9. The first-order valence-corrected chi connectivity index (χ1v) is 12.0. The maximum Gasteiger partial charge on any atom is 0.326 e. The van der Waals surface area contributed by atoms with Crippen molar-refractivity contribution < 1.29 is 23.9 Å². The first-order chi connectivity index (χ1) is 11.6. The second-order valence-corrected chi connectivity index (χ2v) is 13.5. The van der Waals surface area contributed by atoms with Gasteiger partial charge in [-0.05, 0) is 37.9 Å². The van der Waals surface area contributed by atoms with Gasteiger partial charge in [-0.2, -0.15) is 0 Å². The molecule has 7 nitrogen and oxygen atoms in total. The Labute approximate surface area is 158 Å². The van der Waals surface area contributed by atoms with E-state index in [0.29, 0.717) is 0 Å². The maximum atomic E-state index is 12.2. The van der Waals surface area contributed by atoms with Gasteiger partial charge in [-0.25, -0.2) is 4.79 Å². The molecular weight excluding hydrogens is 352 g/mol. The Hall–Kier alpha value is -1.41. The predicted molar refractivity (Wildman–Crippen MR) is 104 cm³/mol. The second kappa shape index (κ2) is 9.50. The van der Waals surface area contributed by atoms with Gasteiger partial charge >= 0.3 is 5.97 Å². The highest BCUT2D eigenvalue weighted by atomic mass is 28.4. The molecule has 0 fully saturated rings. The van der Waals surface area contributed by atoms with E-state index < -0.39 is 32.3 Å². The van der Waals surface area contributed by atoms with Crippen molar-refractivity contribution >= 4 is 26.1 Å². The van der Waals surface area contributed by atoms with Gasteiger partial charge in [0.2, 0.25) is 11.8 Å². The molecular formula is C18H36N2O5Si. The number of hydrogen-bond acceptors (Lipinski definition) is 4. The van der Waals surface area contributed by atoms with Gasteiger partial charge in [0.15, 0.2) is 8.32 Å². The van der Waals surface area contributed by atoms with Crippen molar-refractivity contribution in [1.82, 2.24) is 10.6 Å². The molecule has 0 bridgehead atoms. The first-order valence-electron chi connectivity index (χ1n) is 9.09. The summed E-state index contributed by atoms with van der Waals surface area (Å²) in [6.07, 6.45) is -0.106. The highest BCUT2D eigenvalue weighted by molar-refractivity contribution is 6.74. The monoisotopic (exact) mass is 388 g/mol. The Kier molecular flexibility index (Phi) is 8.99. The van der Waals surface area contributed by atoms with Crippen LogP contribution in [0.15, 0.2) is 0 Å². The zero-order valence-corrected chi connectivity index (χ0v) is 18.6. The molecule has 0 radical (unpaired) electrons. The molecule has 0 aromatic carbocycles. The SMILES string of the molecule is CC(CC(=O)N[C@@H](C)C(=O)N[C@H](C(=O)O)C(C)C)O[Si](C)(C)C(C)(C)C. The molecule has 0 saturated heterocycles. The van der Waals surface area contributed by atoms with Crippen molar-refractivity contribution in [1.29, 1.82) is 0 Å². The van der Waals surface area contributed by atoms with Gasteiger partial charge in [0.05, 0.1) is 12.5 Å². The average molecular weight is 389 g/mol. The Bertz CT molecular complexity index is 514. The molecule has 0 heterocycles. The average Bonchev–Trinajstić information content (AvgIpc) is 2.41. The molecule has 152 valence electrons. The number of hydrogen-bond donors (Lipinski definition) is 3. The third-order valence-electron chi connectivity index (χ3n) is 4.78. The first kappa shape index (κ1) is 24.6. The van der Waals surface area contributed by atoms with Crippen molar-refractivity contribution in [2.75, 3.05) is 0 Å². The lowest BCUT2D eigenvalue weighted by molar-refractivity contribution is -0.143. The summed E-state index contributed by atoms with van der Waals surface area (Å²) in [6.45, 7) is 17.4. The zero-order valence-electron chi connectivity index (χ0n) is 17.6. The number of amides is 2. The molecule has 2 amide bonds. The standard InChI is InChI=1S/C18H36N2O5Si/c1-11(2)15(17(23)24)20-16(22)13(4)19-14(21)10-12(3)25-26(8,9)18(5,6)7/h11-13,15H,10H2,1-9H3,(H,19,21)(H,20,22)(H,23,24)/t12?,13-,15-/m0/s1. The van der Waals surface area contributed by atoms with Gasteiger partial charge < -0.3 is 20.2 Å². The Morgan fingerprint density at radius 3 is 1.92 bits per heavy atom. The number of nitrogens with one attached hydrogen (secondary N) is 2. The molecule has 0 aliphatic heterocycles. The van der Waals surface area contributed by atoms with Gasteiger partial charge in [0.25, 0.3) is 0 Å². The second-order valence-electron chi connectivity index (χ2n) is 8.75. The number of carbonyl (C=O) groups is 3. The third kappa shape index (κ3) is 7.86. The van der Waals surface area contributed by atoms with E-state index >= 15 is 0 Å². The lowest BCUT2D eigenvalue weighted by atomic mass is 10.0. The molecule has 0 aliphatic carbocycles. The molecule has 8 heteroatoms. The van der Waals surface area contributed by atoms with Crippen LogP contribution in [0.1, 0.15) is 54.9 Å². The van der Waals surface area contributed by atoms with E-state index in [1.54, 1.807) is 13.8 Å². The van der Waals surface area contributed by atoms with E-state index in [-0.39, 0.29) is 29.4 Å². The number of carbonyl (C=O) groups excluding carboxylic acids is 2. The van der Waals surface area contributed by atoms with Crippen LogP contribution in [-0.2, 0) is 18.8 Å². The molecule has 0 aromatic heterocycles. The van der Waals surface area contributed by atoms with Crippen LogP contribution < -0.4 is 10.6 Å². The van der Waals surface area contributed by atoms with E-state index in [0.717, 1.165) is 0 Å². The molecule has 1 unspecified atom stereocenters. The summed E-state index contributed by atoms with van der Waals surface area (Å²) >= 11 is 0. The predicted octanol–water partition coefficient (Wildman–Crippen LogP) is 2.52. The van der Waals surface area contributed by atoms with Gasteiger partial charge in [-0.15, -0.1) is 0 Å². The number of rotatable bonds is 9. The fourth-order valence-corrected chi connectivity index (χ4v) is 3.58. The van der Waals surface area contributed by atoms with Crippen molar-refractivity contribution in [2.24, 2.45) is 5.92 Å². The lowest BCUT2D eigenvalue weighted by Crippen LogP contribution is -2.52. The van der Waals surface area contributed by atoms with E-state index in [4.69, 9.17) is 9.53 Å². The van der Waals surface area contributed by atoms with Gasteiger partial charge in [-0.1, -0.05) is 34.6 Å². The Morgan fingerprint density at radius 2 is 1.54 bits per heavy atom. The van der Waals surface area contributed by atoms with Crippen molar-refractivity contribution in [2.45, 2.75) is 91.2 Å².